The summed E-state index contributed by atoms with van der Waals surface area (Å²) in [6.45, 7) is 5.30. The fourth-order valence-electron chi connectivity index (χ4n) is 2.54. The van der Waals surface area contributed by atoms with E-state index in [4.69, 9.17) is 4.74 Å². The zero-order valence-electron chi connectivity index (χ0n) is 16.1. The Labute approximate surface area is 162 Å². The van der Waals surface area contributed by atoms with Crippen LogP contribution >= 0.6 is 11.8 Å². The first-order valence-electron chi connectivity index (χ1n) is 9.23. The molecule has 0 radical (unpaired) electrons. The Morgan fingerprint density at radius 2 is 1.65 bits per heavy atom. The van der Waals surface area contributed by atoms with Gasteiger partial charge in [0.2, 0.25) is 10.0 Å². The minimum absolute atomic E-state index is 0.216. The normalized spacial score (nSPS) is 11.7. The molecule has 0 aliphatic rings. The summed E-state index contributed by atoms with van der Waals surface area (Å²) in [4.78, 5) is 12.3. The lowest BCUT2D eigenvalue weighted by Gasteiger charge is -2.21. The zero-order valence-corrected chi connectivity index (χ0v) is 17.7. The van der Waals surface area contributed by atoms with E-state index < -0.39 is 16.0 Å². The average Bonchev–Trinajstić information content (AvgIpc) is 2.64. The first-order chi connectivity index (χ1) is 12.5. The van der Waals surface area contributed by atoms with E-state index in [9.17, 15) is 13.2 Å². The first-order valence-corrected chi connectivity index (χ1v) is 12.1. The molecule has 0 amide bonds. The summed E-state index contributed by atoms with van der Waals surface area (Å²) < 4.78 is 32.1. The molecule has 0 unspecified atom stereocenters. The summed E-state index contributed by atoms with van der Waals surface area (Å²) in [6.07, 6.45) is 6.61. The van der Waals surface area contributed by atoms with Crippen molar-refractivity contribution in [1.82, 2.24) is 4.31 Å². The highest BCUT2D eigenvalue weighted by Crippen LogP contribution is 2.18. The molecule has 0 saturated carbocycles. The molecule has 0 spiro atoms. The Morgan fingerprint density at radius 3 is 2.19 bits per heavy atom. The molecular formula is C19H31NO4S2. The molecule has 1 rings (SSSR count). The minimum Gasteiger partial charge on any atom is -0.462 e. The average molecular weight is 402 g/mol. The summed E-state index contributed by atoms with van der Waals surface area (Å²) in [7, 11) is -3.52. The highest BCUT2D eigenvalue weighted by Gasteiger charge is 2.23. The van der Waals surface area contributed by atoms with Crippen molar-refractivity contribution in [2.75, 3.05) is 31.7 Å². The van der Waals surface area contributed by atoms with E-state index in [1.807, 2.05) is 25.6 Å². The third-order valence-corrected chi connectivity index (χ3v) is 6.51. The SMILES string of the molecule is CCCN(CCC)S(=O)(=O)c1ccc(C(=O)OCCCCCSC)cc1. The number of carbonyl (C=O) groups excluding carboxylic acids is 1. The lowest BCUT2D eigenvalue weighted by molar-refractivity contribution is 0.0498. The zero-order chi connectivity index (χ0) is 19.4. The number of benzene rings is 1. The van der Waals surface area contributed by atoms with Gasteiger partial charge in [0.1, 0.15) is 0 Å². The molecule has 1 aromatic rings. The summed E-state index contributed by atoms with van der Waals surface area (Å²) in [5.41, 5.74) is 0.380. The van der Waals surface area contributed by atoms with Gasteiger partial charge in [-0.25, -0.2) is 13.2 Å². The number of rotatable bonds is 13. The van der Waals surface area contributed by atoms with Crippen LogP contribution in [0.4, 0.5) is 0 Å². The molecule has 0 N–H and O–H groups in total. The van der Waals surface area contributed by atoms with E-state index in [0.717, 1.165) is 37.9 Å². The molecule has 5 nitrogen and oxygen atoms in total. The van der Waals surface area contributed by atoms with E-state index in [0.29, 0.717) is 25.3 Å². The number of ether oxygens (including phenoxy) is 1. The second-order valence-electron chi connectivity index (χ2n) is 6.12. The van der Waals surface area contributed by atoms with Crippen molar-refractivity contribution < 1.29 is 17.9 Å². The van der Waals surface area contributed by atoms with Gasteiger partial charge in [0.05, 0.1) is 17.1 Å². The largest absolute Gasteiger partial charge is 0.462 e. The molecule has 148 valence electrons. The van der Waals surface area contributed by atoms with Gasteiger partial charge in [0.15, 0.2) is 0 Å². The van der Waals surface area contributed by atoms with Gasteiger partial charge >= 0.3 is 5.97 Å². The lowest BCUT2D eigenvalue weighted by Crippen LogP contribution is -2.32. The number of carbonyl (C=O) groups is 1. The van der Waals surface area contributed by atoms with Crippen molar-refractivity contribution in [2.24, 2.45) is 0 Å². The molecular weight excluding hydrogens is 370 g/mol. The molecule has 0 saturated heterocycles. The van der Waals surface area contributed by atoms with E-state index in [-0.39, 0.29) is 4.90 Å². The van der Waals surface area contributed by atoms with E-state index >= 15 is 0 Å². The molecule has 0 heterocycles. The van der Waals surface area contributed by atoms with Gasteiger partial charge in [-0.05, 0) is 68.4 Å². The van der Waals surface area contributed by atoms with Gasteiger partial charge in [-0.15, -0.1) is 0 Å². The van der Waals surface area contributed by atoms with Crippen molar-refractivity contribution in [3.8, 4) is 0 Å². The van der Waals surface area contributed by atoms with Crippen LogP contribution in [0.15, 0.2) is 29.2 Å². The molecule has 26 heavy (non-hydrogen) atoms. The predicted octanol–water partition coefficient (Wildman–Crippen LogP) is 4.19. The second kappa shape index (κ2) is 12.4. The van der Waals surface area contributed by atoms with Crippen molar-refractivity contribution in [2.45, 2.75) is 50.8 Å². The van der Waals surface area contributed by atoms with E-state index in [2.05, 4.69) is 6.26 Å². The van der Waals surface area contributed by atoms with Gasteiger partial charge in [-0.2, -0.15) is 16.1 Å². The Hall–Kier alpha value is -1.05. The van der Waals surface area contributed by atoms with Crippen LogP contribution in [0.25, 0.3) is 0 Å². The van der Waals surface area contributed by atoms with Crippen molar-refractivity contribution in [3.05, 3.63) is 29.8 Å². The monoisotopic (exact) mass is 401 g/mol. The smallest absolute Gasteiger partial charge is 0.338 e. The third-order valence-electron chi connectivity index (χ3n) is 3.90. The number of hydrogen-bond donors (Lipinski definition) is 0. The van der Waals surface area contributed by atoms with Gasteiger partial charge in [0.25, 0.3) is 0 Å². The van der Waals surface area contributed by atoms with E-state index in [1.54, 1.807) is 0 Å². The van der Waals surface area contributed by atoms with Crippen LogP contribution in [0.1, 0.15) is 56.3 Å². The van der Waals surface area contributed by atoms with Crippen LogP contribution in [-0.2, 0) is 14.8 Å². The maximum absolute atomic E-state index is 12.7. The fourth-order valence-corrected chi connectivity index (χ4v) is 4.65. The van der Waals surface area contributed by atoms with Crippen molar-refractivity contribution in [1.29, 1.82) is 0 Å². The molecule has 0 aliphatic heterocycles. The fraction of sp³-hybridized carbons (Fsp3) is 0.632. The number of nitrogens with zero attached hydrogens (tertiary/aromatic N) is 1. The number of unbranched alkanes of at least 4 members (excludes halogenated alkanes) is 2. The number of sulfonamides is 1. The molecule has 0 atom stereocenters. The number of thioether (sulfide) groups is 1. The predicted molar refractivity (Wildman–Crippen MR) is 108 cm³/mol. The molecule has 0 bridgehead atoms. The maximum Gasteiger partial charge on any atom is 0.338 e. The Kier molecular flexibility index (Phi) is 10.9. The molecule has 7 heteroatoms. The lowest BCUT2D eigenvalue weighted by atomic mass is 10.2. The standard InChI is InChI=1S/C19H31NO4S2/c1-4-13-20(14-5-2)26(22,23)18-11-9-17(10-12-18)19(21)24-15-7-6-8-16-25-3/h9-12H,4-8,13-16H2,1-3H3. The summed E-state index contributed by atoms with van der Waals surface area (Å²) in [5.74, 6) is 0.717. The summed E-state index contributed by atoms with van der Waals surface area (Å²) >= 11 is 1.81. The van der Waals surface area contributed by atoms with Gasteiger partial charge in [0, 0.05) is 13.1 Å². The molecule has 1 aromatic carbocycles. The van der Waals surface area contributed by atoms with Crippen LogP contribution in [0, 0.1) is 0 Å². The van der Waals surface area contributed by atoms with Crippen LogP contribution in [0.5, 0.6) is 0 Å². The third kappa shape index (κ3) is 7.29. The summed E-state index contributed by atoms with van der Waals surface area (Å²) in [5, 5.41) is 0. The van der Waals surface area contributed by atoms with Gasteiger partial charge in [-0.1, -0.05) is 13.8 Å². The van der Waals surface area contributed by atoms with Crippen LogP contribution < -0.4 is 0 Å². The quantitative estimate of drug-likeness (QED) is 0.366. The Balaban J connectivity index is 2.65. The number of esters is 1. The Bertz CT molecular complexity index is 623. The molecule has 0 aromatic heterocycles. The topological polar surface area (TPSA) is 63.7 Å². The van der Waals surface area contributed by atoms with Gasteiger partial charge < -0.3 is 4.74 Å². The molecule has 0 fully saturated rings. The van der Waals surface area contributed by atoms with Gasteiger partial charge in [-0.3, -0.25) is 0 Å². The highest BCUT2D eigenvalue weighted by atomic mass is 32.2. The summed E-state index contributed by atoms with van der Waals surface area (Å²) in [6, 6.07) is 6.03. The number of hydrogen-bond acceptors (Lipinski definition) is 5. The van der Waals surface area contributed by atoms with Crippen LogP contribution in [-0.4, -0.2) is 50.4 Å². The van der Waals surface area contributed by atoms with Crippen molar-refractivity contribution >= 4 is 27.8 Å². The second-order valence-corrected chi connectivity index (χ2v) is 9.04. The Morgan fingerprint density at radius 1 is 1.04 bits per heavy atom. The minimum atomic E-state index is -3.52. The van der Waals surface area contributed by atoms with E-state index in [1.165, 1.54) is 28.6 Å². The van der Waals surface area contributed by atoms with Crippen LogP contribution in [0.3, 0.4) is 0 Å². The van der Waals surface area contributed by atoms with Crippen LogP contribution in [0.2, 0.25) is 0 Å². The highest BCUT2D eigenvalue weighted by molar-refractivity contribution is 7.98. The maximum atomic E-state index is 12.7. The van der Waals surface area contributed by atoms with Crippen molar-refractivity contribution in [3.63, 3.8) is 0 Å². The molecule has 0 aliphatic carbocycles. The first kappa shape index (κ1) is 23.0.